The Labute approximate surface area is 115 Å². The molecule has 1 aromatic carbocycles. The van der Waals surface area contributed by atoms with Crippen LogP contribution < -0.4 is 4.74 Å². The summed E-state index contributed by atoms with van der Waals surface area (Å²) in [6.45, 7) is -0.582. The molecule has 0 radical (unpaired) electrons. The average molecular weight is 305 g/mol. The van der Waals surface area contributed by atoms with Gasteiger partial charge in [0, 0.05) is 12.3 Å². The molecule has 112 valence electrons. The minimum Gasteiger partial charge on any atom is -0.451 e. The van der Waals surface area contributed by atoms with Crippen LogP contribution >= 0.6 is 0 Å². The summed E-state index contributed by atoms with van der Waals surface area (Å²) in [7, 11) is 0. The topological polar surface area (TPSA) is 42.4 Å². The van der Waals surface area contributed by atoms with Gasteiger partial charge in [-0.25, -0.2) is 8.78 Å². The third kappa shape index (κ3) is 3.46. The van der Waals surface area contributed by atoms with Gasteiger partial charge in [0.25, 0.3) is 0 Å². The number of nitrogens with zero attached hydrogens (tertiary/aromatic N) is 1. The molecule has 0 unspecified atom stereocenters. The van der Waals surface area contributed by atoms with Gasteiger partial charge in [0.2, 0.25) is 0 Å². The number of hydrogen-bond donors (Lipinski definition) is 1. The number of alkyl halides is 3. The lowest BCUT2D eigenvalue weighted by atomic mass is 10.2. The van der Waals surface area contributed by atoms with E-state index in [9.17, 15) is 22.0 Å². The van der Waals surface area contributed by atoms with Gasteiger partial charge in [-0.2, -0.15) is 13.2 Å². The van der Waals surface area contributed by atoms with Gasteiger partial charge in [0.1, 0.15) is 11.4 Å². The van der Waals surface area contributed by atoms with E-state index in [4.69, 9.17) is 9.84 Å². The molecule has 0 aliphatic heterocycles. The van der Waals surface area contributed by atoms with E-state index in [-0.39, 0.29) is 5.56 Å². The second-order valence-electron chi connectivity index (χ2n) is 4.02. The van der Waals surface area contributed by atoms with E-state index < -0.39 is 41.6 Å². The van der Waals surface area contributed by atoms with Crippen LogP contribution in [0.1, 0.15) is 11.3 Å². The fourth-order valence-corrected chi connectivity index (χ4v) is 1.55. The van der Waals surface area contributed by atoms with Gasteiger partial charge in [-0.3, -0.25) is 4.98 Å². The fraction of sp³-hybridized carbons (Fsp3) is 0.154. The van der Waals surface area contributed by atoms with E-state index in [1.54, 1.807) is 0 Å². The number of aliphatic hydroxyl groups is 1. The number of halogens is 5. The van der Waals surface area contributed by atoms with Crippen molar-refractivity contribution in [1.29, 1.82) is 0 Å². The molecule has 2 aromatic rings. The first-order valence-corrected chi connectivity index (χ1v) is 5.61. The van der Waals surface area contributed by atoms with Gasteiger partial charge in [-0.1, -0.05) is 0 Å². The van der Waals surface area contributed by atoms with E-state index in [2.05, 4.69) is 4.98 Å². The molecular weight excluding hydrogens is 297 g/mol. The number of pyridine rings is 1. The van der Waals surface area contributed by atoms with Crippen LogP contribution in [0.15, 0.2) is 30.5 Å². The third-order valence-electron chi connectivity index (χ3n) is 2.48. The lowest BCUT2D eigenvalue weighted by Crippen LogP contribution is -2.07. The van der Waals surface area contributed by atoms with E-state index in [1.165, 1.54) is 0 Å². The molecule has 0 saturated carbocycles. The predicted molar refractivity (Wildman–Crippen MR) is 61.6 cm³/mol. The van der Waals surface area contributed by atoms with Crippen molar-refractivity contribution in [2.24, 2.45) is 0 Å². The van der Waals surface area contributed by atoms with Crippen LogP contribution in [-0.2, 0) is 12.8 Å². The number of aliphatic hydroxyl groups excluding tert-OH is 1. The Morgan fingerprint density at radius 2 is 1.71 bits per heavy atom. The summed E-state index contributed by atoms with van der Waals surface area (Å²) in [6.07, 6.45) is -3.88. The molecule has 3 nitrogen and oxygen atoms in total. The second-order valence-corrected chi connectivity index (χ2v) is 4.02. The monoisotopic (exact) mass is 305 g/mol. The number of rotatable bonds is 3. The van der Waals surface area contributed by atoms with E-state index in [1.807, 2.05) is 0 Å². The Balaban J connectivity index is 2.35. The molecule has 0 bridgehead atoms. The quantitative estimate of drug-likeness (QED) is 0.880. The molecule has 21 heavy (non-hydrogen) atoms. The summed E-state index contributed by atoms with van der Waals surface area (Å²) in [5, 5.41) is 8.79. The number of hydrogen-bond acceptors (Lipinski definition) is 3. The maximum Gasteiger partial charge on any atom is 0.433 e. The lowest BCUT2D eigenvalue weighted by molar-refractivity contribution is -0.141. The van der Waals surface area contributed by atoms with Crippen molar-refractivity contribution in [2.45, 2.75) is 12.8 Å². The average Bonchev–Trinajstić information content (AvgIpc) is 2.42. The fourth-order valence-electron chi connectivity index (χ4n) is 1.55. The molecule has 0 spiro atoms. The van der Waals surface area contributed by atoms with Crippen LogP contribution in [0.25, 0.3) is 0 Å². The first kappa shape index (κ1) is 15.2. The molecule has 1 N–H and O–H groups in total. The van der Waals surface area contributed by atoms with Crippen LogP contribution in [0.2, 0.25) is 0 Å². The third-order valence-corrected chi connectivity index (χ3v) is 2.48. The molecule has 0 aliphatic rings. The van der Waals surface area contributed by atoms with E-state index >= 15 is 0 Å². The summed E-state index contributed by atoms with van der Waals surface area (Å²) < 4.78 is 69.4. The van der Waals surface area contributed by atoms with Gasteiger partial charge in [-0.05, 0) is 23.8 Å². The second kappa shape index (κ2) is 5.65. The Morgan fingerprint density at radius 3 is 2.24 bits per heavy atom. The Bertz CT molecular complexity index is 634. The summed E-state index contributed by atoms with van der Waals surface area (Å²) in [5.41, 5.74) is -1.27. The summed E-state index contributed by atoms with van der Waals surface area (Å²) in [4.78, 5) is 3.10. The van der Waals surface area contributed by atoms with Crippen molar-refractivity contribution < 1.29 is 31.8 Å². The minimum absolute atomic E-state index is 0.0249. The van der Waals surface area contributed by atoms with Crippen molar-refractivity contribution in [3.8, 4) is 11.5 Å². The molecule has 1 heterocycles. The van der Waals surface area contributed by atoms with Crippen LogP contribution in [0, 0.1) is 11.6 Å². The molecule has 0 fully saturated rings. The highest BCUT2D eigenvalue weighted by Gasteiger charge is 2.32. The SMILES string of the molecule is OCc1cc(F)c(Oc2ccnc(C(F)(F)F)c2)c(F)c1. The Hall–Kier alpha value is -2.22. The van der Waals surface area contributed by atoms with Crippen molar-refractivity contribution >= 4 is 0 Å². The van der Waals surface area contributed by atoms with Gasteiger partial charge in [-0.15, -0.1) is 0 Å². The zero-order valence-electron chi connectivity index (χ0n) is 10.3. The minimum atomic E-state index is -4.70. The summed E-state index contributed by atoms with van der Waals surface area (Å²) >= 11 is 0. The molecule has 0 amide bonds. The normalized spacial score (nSPS) is 11.5. The maximum absolute atomic E-state index is 13.6. The molecule has 0 aliphatic carbocycles. The van der Waals surface area contributed by atoms with Gasteiger partial charge in [0.15, 0.2) is 17.4 Å². The molecule has 0 atom stereocenters. The molecular formula is C13H8F5NO2. The number of aromatic nitrogens is 1. The molecule has 1 aromatic heterocycles. The van der Waals surface area contributed by atoms with Crippen LogP contribution in [-0.4, -0.2) is 10.1 Å². The van der Waals surface area contributed by atoms with E-state index in [0.29, 0.717) is 6.07 Å². The Kier molecular flexibility index (Phi) is 4.08. The molecule has 8 heteroatoms. The zero-order valence-corrected chi connectivity index (χ0v) is 10.3. The van der Waals surface area contributed by atoms with Crippen LogP contribution in [0.3, 0.4) is 0 Å². The van der Waals surface area contributed by atoms with Gasteiger partial charge in [0.05, 0.1) is 6.61 Å². The zero-order chi connectivity index (χ0) is 15.6. The number of benzene rings is 1. The van der Waals surface area contributed by atoms with Crippen molar-refractivity contribution in [1.82, 2.24) is 4.98 Å². The lowest BCUT2D eigenvalue weighted by Gasteiger charge is -2.11. The molecule has 2 rings (SSSR count). The van der Waals surface area contributed by atoms with Crippen molar-refractivity contribution in [3.05, 3.63) is 53.4 Å². The standard InChI is InChI=1S/C13H8F5NO2/c14-9-3-7(6-20)4-10(15)12(9)21-8-1-2-19-11(5-8)13(16,17)18/h1-5,20H,6H2. The van der Waals surface area contributed by atoms with Gasteiger partial charge < -0.3 is 9.84 Å². The number of ether oxygens (including phenoxy) is 1. The van der Waals surface area contributed by atoms with Crippen molar-refractivity contribution in [3.63, 3.8) is 0 Å². The Morgan fingerprint density at radius 1 is 1.10 bits per heavy atom. The van der Waals surface area contributed by atoms with E-state index in [0.717, 1.165) is 24.4 Å². The highest BCUT2D eigenvalue weighted by molar-refractivity contribution is 5.36. The first-order chi connectivity index (χ1) is 9.81. The maximum atomic E-state index is 13.6. The van der Waals surface area contributed by atoms with Gasteiger partial charge >= 0.3 is 6.18 Å². The summed E-state index contributed by atoms with van der Waals surface area (Å²) in [5.74, 6) is -3.53. The first-order valence-electron chi connectivity index (χ1n) is 5.61. The van der Waals surface area contributed by atoms with Crippen LogP contribution in [0.5, 0.6) is 11.5 Å². The highest BCUT2D eigenvalue weighted by Crippen LogP contribution is 2.33. The van der Waals surface area contributed by atoms with Crippen molar-refractivity contribution in [2.75, 3.05) is 0 Å². The predicted octanol–water partition coefficient (Wildman–Crippen LogP) is 3.66. The highest BCUT2D eigenvalue weighted by atomic mass is 19.4. The molecule has 0 saturated heterocycles. The summed E-state index contributed by atoms with van der Waals surface area (Å²) in [6, 6.07) is 3.21. The van der Waals surface area contributed by atoms with Crippen LogP contribution in [0.4, 0.5) is 22.0 Å². The largest absolute Gasteiger partial charge is 0.451 e. The smallest absolute Gasteiger partial charge is 0.433 e.